The molecule has 0 aliphatic rings. The van der Waals surface area contributed by atoms with Crippen molar-refractivity contribution >= 4 is 41.6 Å². The number of benzene rings is 3. The Kier molecular flexibility index (Phi) is 7.27. The highest BCUT2D eigenvalue weighted by molar-refractivity contribution is 7.95. The lowest BCUT2D eigenvalue weighted by molar-refractivity contribution is 0.0593. The lowest BCUT2D eigenvalue weighted by atomic mass is 10.3. The second-order valence-electron chi connectivity index (χ2n) is 7.11. The van der Waals surface area contributed by atoms with Crippen molar-refractivity contribution in [3.8, 4) is 0 Å². The predicted molar refractivity (Wildman–Crippen MR) is 131 cm³/mol. The van der Waals surface area contributed by atoms with Crippen molar-refractivity contribution in [3.63, 3.8) is 0 Å². The van der Waals surface area contributed by atoms with Crippen LogP contribution in [0.2, 0.25) is 0 Å². The fourth-order valence-corrected chi connectivity index (χ4v) is 8.14. The molecule has 0 N–H and O–H groups in total. The molecule has 0 bridgehead atoms. The summed E-state index contributed by atoms with van der Waals surface area (Å²) in [5.74, 6) is -0.417. The van der Waals surface area contributed by atoms with Crippen LogP contribution in [0.5, 0.6) is 0 Å². The molecule has 1 heterocycles. The van der Waals surface area contributed by atoms with Crippen LogP contribution in [0.3, 0.4) is 0 Å². The van der Waals surface area contributed by atoms with Gasteiger partial charge in [0.15, 0.2) is 5.69 Å². The van der Waals surface area contributed by atoms with Crippen LogP contribution in [0.1, 0.15) is 16.2 Å². The Bertz CT molecular complexity index is 1040. The summed E-state index contributed by atoms with van der Waals surface area (Å²) in [6.45, 7) is 0. The normalized spacial score (nSPS) is 10.9. The largest absolute Gasteiger partial charge is 0.464 e. The number of methoxy groups -OCH3 is 1. The molecule has 0 atom stereocenters. The molecule has 1 aromatic heterocycles. The van der Waals surface area contributed by atoms with E-state index in [1.165, 1.54) is 23.0 Å². The molecular weight excluding hydrogens is 427 g/mol. The average Bonchev–Trinajstić information content (AvgIpc) is 3.18. The van der Waals surface area contributed by atoms with Gasteiger partial charge in [0, 0.05) is 7.05 Å². The molecule has 0 fully saturated rings. The highest BCUT2D eigenvalue weighted by Crippen LogP contribution is 2.58. The van der Waals surface area contributed by atoms with Crippen molar-refractivity contribution < 1.29 is 9.53 Å². The molecule has 0 aliphatic heterocycles. The third kappa shape index (κ3) is 4.41. The summed E-state index contributed by atoms with van der Waals surface area (Å²) < 4.78 is 6.68. The van der Waals surface area contributed by atoms with Crippen molar-refractivity contribution in [2.45, 2.75) is 6.16 Å². The van der Waals surface area contributed by atoms with Crippen molar-refractivity contribution in [1.82, 2.24) is 9.78 Å². The molecule has 0 saturated heterocycles. The van der Waals surface area contributed by atoms with Crippen molar-refractivity contribution in [2.24, 2.45) is 7.05 Å². The second-order valence-corrected chi connectivity index (χ2v) is 10.6. The van der Waals surface area contributed by atoms with Crippen molar-refractivity contribution in [3.05, 3.63) is 108 Å². The maximum atomic E-state index is 12.1. The molecule has 158 valence electrons. The van der Waals surface area contributed by atoms with Gasteiger partial charge in [0.05, 0.1) is 12.8 Å². The van der Waals surface area contributed by atoms with E-state index in [0.29, 0.717) is 5.69 Å². The number of carbonyl (C=O) groups is 1. The number of esters is 1. The Balaban J connectivity index is 0.00000272. The Morgan fingerprint density at radius 3 is 1.65 bits per heavy atom. The smallest absolute Gasteiger partial charge is 0.358 e. The quantitative estimate of drug-likeness (QED) is 0.327. The van der Waals surface area contributed by atoms with E-state index < -0.39 is 13.2 Å². The van der Waals surface area contributed by atoms with E-state index in [-0.39, 0.29) is 12.4 Å². The maximum Gasteiger partial charge on any atom is 0.358 e. The van der Waals surface area contributed by atoms with Gasteiger partial charge in [0.2, 0.25) is 0 Å². The molecule has 0 radical (unpaired) electrons. The zero-order valence-corrected chi connectivity index (χ0v) is 19.2. The van der Waals surface area contributed by atoms with E-state index in [0.717, 1.165) is 11.9 Å². The van der Waals surface area contributed by atoms with E-state index in [4.69, 9.17) is 4.74 Å². The van der Waals surface area contributed by atoms with Gasteiger partial charge >= 0.3 is 5.97 Å². The van der Waals surface area contributed by atoms with Gasteiger partial charge in [-0.1, -0.05) is 54.6 Å². The van der Waals surface area contributed by atoms with Crippen LogP contribution in [0.15, 0.2) is 97.1 Å². The number of hydrogen-bond donors (Lipinski definition) is 0. The molecule has 6 heteroatoms. The molecule has 0 aliphatic carbocycles. The van der Waals surface area contributed by atoms with E-state index in [9.17, 15) is 4.79 Å². The second kappa shape index (κ2) is 9.91. The van der Waals surface area contributed by atoms with Crippen LogP contribution in [-0.2, 0) is 17.9 Å². The average molecular weight is 452 g/mol. The van der Waals surface area contributed by atoms with Crippen LogP contribution in [0.4, 0.5) is 0 Å². The first kappa shape index (κ1) is 22.7. The number of nitrogens with zero attached hydrogens (tertiary/aromatic N) is 2. The summed E-state index contributed by atoms with van der Waals surface area (Å²) in [7, 11) is 1.23. The summed E-state index contributed by atoms with van der Waals surface area (Å²) >= 11 is 0. The molecule has 0 saturated carbocycles. The Labute approximate surface area is 189 Å². The van der Waals surface area contributed by atoms with Gasteiger partial charge < -0.3 is 4.74 Å². The monoisotopic (exact) mass is 451 g/mol. The van der Waals surface area contributed by atoms with Gasteiger partial charge in [0.25, 0.3) is 0 Å². The fourth-order valence-electron chi connectivity index (χ4n) is 3.87. The minimum atomic E-state index is -2.04. The third-order valence-electron chi connectivity index (χ3n) is 5.36. The Morgan fingerprint density at radius 2 is 1.26 bits per heavy atom. The molecule has 0 spiro atoms. The minimum Gasteiger partial charge on any atom is -0.464 e. The molecular formula is C25H25ClN2O2P+. The van der Waals surface area contributed by atoms with Gasteiger partial charge in [-0.25, -0.2) is 4.79 Å². The molecule has 31 heavy (non-hydrogen) atoms. The summed E-state index contributed by atoms with van der Waals surface area (Å²) in [6, 6.07) is 33.9. The summed E-state index contributed by atoms with van der Waals surface area (Å²) in [6.07, 6.45) is 0.755. The number of aromatic nitrogens is 2. The highest BCUT2D eigenvalue weighted by atomic mass is 35.5. The van der Waals surface area contributed by atoms with Crippen LogP contribution < -0.4 is 15.9 Å². The van der Waals surface area contributed by atoms with E-state index in [1.807, 2.05) is 31.3 Å². The van der Waals surface area contributed by atoms with Crippen LogP contribution in [0.25, 0.3) is 0 Å². The third-order valence-corrected chi connectivity index (χ3v) is 9.70. The van der Waals surface area contributed by atoms with E-state index in [1.54, 1.807) is 4.68 Å². The predicted octanol–water partition coefficient (Wildman–Crippen LogP) is 4.12. The van der Waals surface area contributed by atoms with Crippen LogP contribution in [0, 0.1) is 0 Å². The topological polar surface area (TPSA) is 44.1 Å². The molecule has 3 aromatic carbocycles. The summed E-state index contributed by atoms with van der Waals surface area (Å²) in [5.41, 5.74) is 1.34. The van der Waals surface area contributed by atoms with Gasteiger partial charge in [0.1, 0.15) is 29.3 Å². The number of halogens is 1. The zero-order chi connectivity index (χ0) is 21.0. The lowest BCUT2D eigenvalue weighted by Crippen LogP contribution is -2.32. The lowest BCUT2D eigenvalue weighted by Gasteiger charge is -2.27. The van der Waals surface area contributed by atoms with Crippen molar-refractivity contribution in [2.75, 3.05) is 7.11 Å². The van der Waals surface area contributed by atoms with Gasteiger partial charge in [-0.05, 0) is 42.5 Å². The standard InChI is InChI=1S/C25H24N2O2P.ClH/c1-27-20(18-24(26-27)25(28)29-2)19-30(21-12-6-3-7-13-21,22-14-8-4-9-15-22)23-16-10-5-11-17-23;/h3-18H,19H2,1-2H3;1H/q+1;. The van der Waals surface area contributed by atoms with Gasteiger partial charge in [-0.2, -0.15) is 5.10 Å². The Hall–Kier alpha value is -2.94. The number of rotatable bonds is 6. The number of aryl methyl sites for hydroxylation is 1. The van der Waals surface area contributed by atoms with Gasteiger partial charge in [-0.15, -0.1) is 12.4 Å². The molecule has 4 aromatic rings. The van der Waals surface area contributed by atoms with E-state index in [2.05, 4.69) is 77.9 Å². The van der Waals surface area contributed by atoms with Gasteiger partial charge in [-0.3, -0.25) is 4.68 Å². The maximum absolute atomic E-state index is 12.1. The zero-order valence-electron chi connectivity index (χ0n) is 17.5. The van der Waals surface area contributed by atoms with Crippen molar-refractivity contribution in [1.29, 1.82) is 0 Å². The number of carbonyl (C=O) groups excluding carboxylic acids is 1. The molecule has 4 nitrogen and oxygen atoms in total. The van der Waals surface area contributed by atoms with Crippen LogP contribution >= 0.6 is 19.7 Å². The first-order chi connectivity index (χ1) is 14.6. The summed E-state index contributed by atoms with van der Waals surface area (Å²) in [4.78, 5) is 12.1. The first-order valence-corrected chi connectivity index (χ1v) is 11.8. The van der Waals surface area contributed by atoms with E-state index >= 15 is 0 Å². The minimum absolute atomic E-state index is 0. The highest BCUT2D eigenvalue weighted by Gasteiger charge is 2.46. The summed E-state index contributed by atoms with van der Waals surface area (Å²) in [5, 5.41) is 8.29. The first-order valence-electron chi connectivity index (χ1n) is 9.81. The molecule has 4 rings (SSSR count). The fraction of sp³-hybridized carbons (Fsp3) is 0.120. The SMILES string of the molecule is COC(=O)c1cc(C[P+](c2ccccc2)(c2ccccc2)c2ccccc2)n(C)n1.Cl. The molecule has 0 amide bonds. The number of hydrogen-bond acceptors (Lipinski definition) is 3. The molecule has 0 unspecified atom stereocenters. The Morgan fingerprint density at radius 1 is 0.839 bits per heavy atom. The number of ether oxygens (including phenoxy) is 1. The van der Waals surface area contributed by atoms with Crippen LogP contribution in [-0.4, -0.2) is 22.9 Å².